The minimum absolute atomic E-state index is 0.0221. The van der Waals surface area contributed by atoms with E-state index in [0.29, 0.717) is 5.56 Å². The van der Waals surface area contributed by atoms with Crippen LogP contribution in [0.4, 0.5) is 4.39 Å². The van der Waals surface area contributed by atoms with Crippen molar-refractivity contribution in [1.29, 1.82) is 0 Å². The molecular weight excluding hydrogens is 227 g/mol. The number of aryl methyl sites for hydroxylation is 3. The van der Waals surface area contributed by atoms with Crippen molar-refractivity contribution >= 4 is 0 Å². The molecule has 0 saturated heterocycles. The maximum absolute atomic E-state index is 13.9. The van der Waals surface area contributed by atoms with Crippen LogP contribution in [-0.4, -0.2) is 5.11 Å². The lowest BCUT2D eigenvalue weighted by Gasteiger charge is -2.11. The van der Waals surface area contributed by atoms with Crippen LogP contribution in [0, 0.1) is 26.6 Å². The second-order valence-corrected chi connectivity index (χ2v) is 4.73. The van der Waals surface area contributed by atoms with Crippen LogP contribution in [-0.2, 0) is 6.61 Å². The molecule has 0 spiro atoms. The Labute approximate surface area is 107 Å². The van der Waals surface area contributed by atoms with Crippen molar-refractivity contribution in [2.75, 3.05) is 0 Å². The lowest BCUT2D eigenvalue weighted by atomic mass is 9.95. The Morgan fingerprint density at radius 3 is 2.11 bits per heavy atom. The first-order valence-electron chi connectivity index (χ1n) is 6.00. The number of halogens is 1. The standard InChI is InChI=1S/C16H17FO/c1-10-4-5-14(16(17)6-10)13-7-11(2)15(9-18)12(3)8-13/h4-8,18H,9H2,1-3H3. The highest BCUT2D eigenvalue weighted by molar-refractivity contribution is 5.67. The van der Waals surface area contributed by atoms with Gasteiger partial charge in [0.2, 0.25) is 0 Å². The highest BCUT2D eigenvalue weighted by Gasteiger charge is 2.09. The van der Waals surface area contributed by atoms with E-state index < -0.39 is 0 Å². The minimum atomic E-state index is -0.203. The van der Waals surface area contributed by atoms with Gasteiger partial charge in [0.25, 0.3) is 0 Å². The molecule has 0 heterocycles. The zero-order valence-corrected chi connectivity index (χ0v) is 10.9. The summed E-state index contributed by atoms with van der Waals surface area (Å²) in [6.07, 6.45) is 0. The van der Waals surface area contributed by atoms with Gasteiger partial charge in [-0.15, -0.1) is 0 Å². The lowest BCUT2D eigenvalue weighted by molar-refractivity contribution is 0.280. The third-order valence-corrected chi connectivity index (χ3v) is 3.29. The number of aliphatic hydroxyl groups is 1. The fraction of sp³-hybridized carbons (Fsp3) is 0.250. The Morgan fingerprint density at radius 2 is 1.61 bits per heavy atom. The summed E-state index contributed by atoms with van der Waals surface area (Å²) in [4.78, 5) is 0. The molecule has 2 heteroatoms. The molecule has 1 N–H and O–H groups in total. The van der Waals surface area contributed by atoms with E-state index in [9.17, 15) is 9.50 Å². The fourth-order valence-corrected chi connectivity index (χ4v) is 2.25. The van der Waals surface area contributed by atoms with E-state index in [-0.39, 0.29) is 12.4 Å². The molecule has 2 aromatic carbocycles. The van der Waals surface area contributed by atoms with Crippen LogP contribution in [0.25, 0.3) is 11.1 Å². The molecule has 0 aliphatic carbocycles. The first-order chi connectivity index (χ1) is 8.52. The van der Waals surface area contributed by atoms with Gasteiger partial charge < -0.3 is 5.11 Å². The van der Waals surface area contributed by atoms with Crippen molar-refractivity contribution in [3.8, 4) is 11.1 Å². The maximum atomic E-state index is 13.9. The van der Waals surface area contributed by atoms with Crippen LogP contribution in [0.1, 0.15) is 22.3 Å². The molecule has 0 unspecified atom stereocenters. The van der Waals surface area contributed by atoms with E-state index in [2.05, 4.69) is 0 Å². The first kappa shape index (κ1) is 12.8. The zero-order valence-electron chi connectivity index (χ0n) is 10.9. The van der Waals surface area contributed by atoms with E-state index >= 15 is 0 Å². The Morgan fingerprint density at radius 1 is 1.00 bits per heavy atom. The van der Waals surface area contributed by atoms with Crippen LogP contribution < -0.4 is 0 Å². The second kappa shape index (κ2) is 4.91. The van der Waals surface area contributed by atoms with Crippen LogP contribution >= 0.6 is 0 Å². The molecule has 0 aliphatic rings. The third kappa shape index (κ3) is 2.29. The summed E-state index contributed by atoms with van der Waals surface area (Å²) in [5, 5.41) is 9.28. The maximum Gasteiger partial charge on any atom is 0.131 e. The summed E-state index contributed by atoms with van der Waals surface area (Å²) in [6.45, 7) is 5.77. The second-order valence-electron chi connectivity index (χ2n) is 4.73. The molecule has 0 atom stereocenters. The first-order valence-corrected chi connectivity index (χ1v) is 6.00. The van der Waals surface area contributed by atoms with Gasteiger partial charge in [0.1, 0.15) is 5.82 Å². The summed E-state index contributed by atoms with van der Waals surface area (Å²) < 4.78 is 13.9. The van der Waals surface area contributed by atoms with Crippen molar-refractivity contribution < 1.29 is 9.50 Å². The van der Waals surface area contributed by atoms with Gasteiger partial charge in [-0.1, -0.05) is 24.3 Å². The average molecular weight is 244 g/mol. The van der Waals surface area contributed by atoms with Crippen molar-refractivity contribution in [2.45, 2.75) is 27.4 Å². The monoisotopic (exact) mass is 244 g/mol. The summed E-state index contributed by atoms with van der Waals surface area (Å²) in [5.74, 6) is -0.203. The van der Waals surface area contributed by atoms with Crippen LogP contribution in [0.5, 0.6) is 0 Å². The van der Waals surface area contributed by atoms with E-state index in [4.69, 9.17) is 0 Å². The van der Waals surface area contributed by atoms with E-state index in [0.717, 1.165) is 27.8 Å². The van der Waals surface area contributed by atoms with Gasteiger partial charge in [-0.3, -0.25) is 0 Å². The van der Waals surface area contributed by atoms with Gasteiger partial charge in [0.05, 0.1) is 6.61 Å². The van der Waals surface area contributed by atoms with Crippen LogP contribution in [0.3, 0.4) is 0 Å². The van der Waals surface area contributed by atoms with E-state index in [1.807, 2.05) is 39.0 Å². The molecule has 1 nitrogen and oxygen atoms in total. The molecule has 94 valence electrons. The van der Waals surface area contributed by atoms with Gasteiger partial charge in [-0.05, 0) is 54.7 Å². The largest absolute Gasteiger partial charge is 0.392 e. The third-order valence-electron chi connectivity index (χ3n) is 3.29. The number of hydrogen-bond donors (Lipinski definition) is 1. The predicted octanol–water partition coefficient (Wildman–Crippen LogP) is 3.91. The van der Waals surface area contributed by atoms with Crippen molar-refractivity contribution in [3.63, 3.8) is 0 Å². The smallest absolute Gasteiger partial charge is 0.131 e. The SMILES string of the molecule is Cc1ccc(-c2cc(C)c(CO)c(C)c2)c(F)c1. The minimum Gasteiger partial charge on any atom is -0.392 e. The van der Waals surface area contributed by atoms with E-state index in [1.54, 1.807) is 12.1 Å². The number of rotatable bonds is 2. The van der Waals surface area contributed by atoms with Crippen molar-refractivity contribution in [1.82, 2.24) is 0 Å². The summed E-state index contributed by atoms with van der Waals surface area (Å²) >= 11 is 0. The molecule has 18 heavy (non-hydrogen) atoms. The summed E-state index contributed by atoms with van der Waals surface area (Å²) in [7, 11) is 0. The Bertz CT molecular complexity index is 565. The van der Waals surface area contributed by atoms with Gasteiger partial charge >= 0.3 is 0 Å². The average Bonchev–Trinajstić information content (AvgIpc) is 2.28. The number of hydrogen-bond acceptors (Lipinski definition) is 1. The molecule has 0 amide bonds. The molecule has 0 bridgehead atoms. The Kier molecular flexibility index (Phi) is 3.48. The lowest BCUT2D eigenvalue weighted by Crippen LogP contribution is -1.95. The molecule has 0 aliphatic heterocycles. The molecule has 0 aromatic heterocycles. The number of benzene rings is 2. The van der Waals surface area contributed by atoms with E-state index in [1.165, 1.54) is 0 Å². The Balaban J connectivity index is 2.58. The van der Waals surface area contributed by atoms with Gasteiger partial charge in [0, 0.05) is 5.56 Å². The molecule has 0 radical (unpaired) electrons. The van der Waals surface area contributed by atoms with Gasteiger partial charge in [-0.25, -0.2) is 4.39 Å². The molecular formula is C16H17FO. The molecule has 0 fully saturated rings. The summed E-state index contributed by atoms with van der Waals surface area (Å²) in [5.41, 5.74) is 5.29. The van der Waals surface area contributed by atoms with Gasteiger partial charge in [-0.2, -0.15) is 0 Å². The van der Waals surface area contributed by atoms with Gasteiger partial charge in [0.15, 0.2) is 0 Å². The van der Waals surface area contributed by atoms with Crippen molar-refractivity contribution in [2.24, 2.45) is 0 Å². The zero-order chi connectivity index (χ0) is 13.3. The summed E-state index contributed by atoms with van der Waals surface area (Å²) in [6, 6.07) is 9.10. The molecule has 2 aromatic rings. The fourth-order valence-electron chi connectivity index (χ4n) is 2.25. The Hall–Kier alpha value is -1.67. The highest BCUT2D eigenvalue weighted by Crippen LogP contribution is 2.27. The van der Waals surface area contributed by atoms with Crippen molar-refractivity contribution in [3.05, 3.63) is 58.4 Å². The molecule has 2 rings (SSSR count). The normalized spacial score (nSPS) is 10.7. The number of aliphatic hydroxyl groups excluding tert-OH is 1. The van der Waals surface area contributed by atoms with Crippen LogP contribution in [0.15, 0.2) is 30.3 Å². The molecule has 0 saturated carbocycles. The quantitative estimate of drug-likeness (QED) is 0.849. The van der Waals surface area contributed by atoms with Crippen LogP contribution in [0.2, 0.25) is 0 Å². The topological polar surface area (TPSA) is 20.2 Å². The highest BCUT2D eigenvalue weighted by atomic mass is 19.1. The predicted molar refractivity (Wildman–Crippen MR) is 72.0 cm³/mol.